The Bertz CT molecular complexity index is 1400. The van der Waals surface area contributed by atoms with Gasteiger partial charge in [-0.05, 0) is 94.3 Å². The van der Waals surface area contributed by atoms with Gasteiger partial charge in [-0.1, -0.05) is 80.6 Å². The van der Waals surface area contributed by atoms with E-state index in [4.69, 9.17) is 9.84 Å². The number of para-hydroxylation sites is 2. The quantitative estimate of drug-likeness (QED) is 0.232. The van der Waals surface area contributed by atoms with Gasteiger partial charge in [0, 0.05) is 56.5 Å². The summed E-state index contributed by atoms with van der Waals surface area (Å²) in [5, 5.41) is 10.4. The van der Waals surface area contributed by atoms with E-state index >= 15 is 0 Å². The number of carbonyl (C=O) groups excluding carboxylic acids is 3. The first-order valence-corrected chi connectivity index (χ1v) is 18.2. The minimum absolute atomic E-state index is 0.00886. The van der Waals surface area contributed by atoms with Gasteiger partial charge in [-0.15, -0.1) is 0 Å². The Morgan fingerprint density at radius 1 is 0.760 bits per heavy atom. The van der Waals surface area contributed by atoms with Crippen LogP contribution in [0.1, 0.15) is 71.8 Å². The van der Waals surface area contributed by atoms with Gasteiger partial charge in [0.05, 0.1) is 0 Å². The molecule has 3 aromatic carbocycles. The number of anilines is 2. The van der Waals surface area contributed by atoms with Crippen LogP contribution in [0.15, 0.2) is 91.0 Å². The Balaban J connectivity index is 0.000000278. The van der Waals surface area contributed by atoms with Crippen molar-refractivity contribution in [2.24, 2.45) is 11.8 Å². The SMILES string of the molecule is CCC(=O)N(c1ccccc1)[C@@H](C)[C@@H]1CCCN(C(=O)OCc2ccccc2)C1.CCC(=O)N(c1ccccc1)[C@@H](C)[C@@H]1CCCNC1.CO. The Labute approximate surface area is 299 Å². The average molecular weight is 687 g/mol. The van der Waals surface area contributed by atoms with Crippen LogP contribution in [-0.4, -0.2) is 73.3 Å². The van der Waals surface area contributed by atoms with Gasteiger partial charge < -0.3 is 29.9 Å². The predicted molar refractivity (Wildman–Crippen MR) is 202 cm³/mol. The fraction of sp³-hybridized carbons (Fsp3) is 0.488. The Morgan fingerprint density at radius 2 is 1.24 bits per heavy atom. The van der Waals surface area contributed by atoms with Crippen molar-refractivity contribution in [3.8, 4) is 0 Å². The molecule has 0 unspecified atom stereocenters. The smallest absolute Gasteiger partial charge is 0.410 e. The lowest BCUT2D eigenvalue weighted by atomic mass is 9.90. The number of hydrogen-bond acceptors (Lipinski definition) is 6. The zero-order chi connectivity index (χ0) is 36.3. The van der Waals surface area contributed by atoms with Crippen molar-refractivity contribution in [3.63, 3.8) is 0 Å². The molecule has 272 valence electrons. The first kappa shape index (κ1) is 40.2. The van der Waals surface area contributed by atoms with Crippen LogP contribution in [0.4, 0.5) is 16.2 Å². The van der Waals surface area contributed by atoms with Crippen molar-refractivity contribution in [2.75, 3.05) is 43.1 Å². The molecule has 0 spiro atoms. The van der Waals surface area contributed by atoms with Crippen LogP contribution in [-0.2, 0) is 20.9 Å². The molecule has 2 aliphatic heterocycles. The van der Waals surface area contributed by atoms with Crippen molar-refractivity contribution >= 4 is 29.3 Å². The molecule has 3 aromatic rings. The largest absolute Gasteiger partial charge is 0.445 e. The molecule has 0 aliphatic carbocycles. The maximum Gasteiger partial charge on any atom is 0.410 e. The first-order valence-electron chi connectivity index (χ1n) is 18.2. The summed E-state index contributed by atoms with van der Waals surface area (Å²) < 4.78 is 5.52. The lowest BCUT2D eigenvalue weighted by molar-refractivity contribution is -0.119. The maximum atomic E-state index is 12.7. The molecule has 0 saturated carbocycles. The number of benzene rings is 3. The molecule has 9 nitrogen and oxygen atoms in total. The average Bonchev–Trinajstić information content (AvgIpc) is 3.19. The summed E-state index contributed by atoms with van der Waals surface area (Å²) >= 11 is 0. The third kappa shape index (κ3) is 11.7. The summed E-state index contributed by atoms with van der Waals surface area (Å²) in [6.07, 6.45) is 5.04. The molecule has 0 bridgehead atoms. The zero-order valence-corrected chi connectivity index (χ0v) is 30.7. The van der Waals surface area contributed by atoms with E-state index in [1.807, 2.05) is 115 Å². The minimum atomic E-state index is -0.279. The summed E-state index contributed by atoms with van der Waals surface area (Å²) in [4.78, 5) is 43.2. The number of piperidine rings is 2. The van der Waals surface area contributed by atoms with Gasteiger partial charge in [0.1, 0.15) is 6.61 Å². The van der Waals surface area contributed by atoms with Crippen LogP contribution in [0.25, 0.3) is 0 Å². The molecule has 4 atom stereocenters. The number of amides is 3. The van der Waals surface area contributed by atoms with Crippen LogP contribution < -0.4 is 15.1 Å². The highest BCUT2D eigenvalue weighted by Gasteiger charge is 2.33. The number of aliphatic hydroxyl groups excluding tert-OH is 1. The number of aliphatic hydroxyl groups is 1. The summed E-state index contributed by atoms with van der Waals surface area (Å²) in [6.45, 7) is 11.8. The zero-order valence-electron chi connectivity index (χ0n) is 30.7. The molecule has 2 fully saturated rings. The van der Waals surface area contributed by atoms with E-state index in [2.05, 4.69) is 19.2 Å². The van der Waals surface area contributed by atoms with E-state index in [1.165, 1.54) is 12.8 Å². The molecule has 0 radical (unpaired) electrons. The Hall–Kier alpha value is -4.21. The number of carbonyl (C=O) groups is 3. The standard InChI is InChI=1S/C24H30N2O3.C16H24N2O.CH4O/c1-3-23(27)26(22-14-8-5-9-15-22)19(2)21-13-10-16-25(17-21)24(28)29-18-20-11-6-4-7-12-20;1-3-16(19)18(15-9-5-4-6-10-15)13(2)14-8-7-11-17-12-14;1-2/h4-9,11-12,14-15,19,21H,3,10,13,16-18H2,1-2H3;4-6,9-10,13-14,17H,3,7-8,11-12H2,1-2H3;2H,1H3/t19-,21+;13-,14+;/m00./s1. The van der Waals surface area contributed by atoms with Crippen LogP contribution in [0.5, 0.6) is 0 Å². The minimum Gasteiger partial charge on any atom is -0.445 e. The third-order valence-corrected chi connectivity index (χ3v) is 9.65. The molecule has 2 heterocycles. The fourth-order valence-electron chi connectivity index (χ4n) is 6.82. The molecule has 2 N–H and O–H groups in total. The second-order valence-electron chi connectivity index (χ2n) is 12.9. The lowest BCUT2D eigenvalue weighted by Crippen LogP contribution is -2.50. The summed E-state index contributed by atoms with van der Waals surface area (Å²) in [7, 11) is 1.00. The molecular weight excluding hydrogens is 628 g/mol. The highest BCUT2D eigenvalue weighted by molar-refractivity contribution is 5.94. The van der Waals surface area contributed by atoms with Crippen molar-refractivity contribution in [2.45, 2.75) is 84.9 Å². The van der Waals surface area contributed by atoms with E-state index < -0.39 is 0 Å². The Kier molecular flexibility index (Phi) is 17.5. The van der Waals surface area contributed by atoms with Gasteiger partial charge in [-0.25, -0.2) is 4.79 Å². The topological polar surface area (TPSA) is 102 Å². The van der Waals surface area contributed by atoms with Gasteiger partial charge in [-0.2, -0.15) is 0 Å². The number of likely N-dealkylation sites (tertiary alicyclic amines) is 1. The van der Waals surface area contributed by atoms with Crippen LogP contribution in [0, 0.1) is 11.8 Å². The fourth-order valence-corrected chi connectivity index (χ4v) is 6.82. The van der Waals surface area contributed by atoms with E-state index in [1.54, 1.807) is 4.90 Å². The molecule has 50 heavy (non-hydrogen) atoms. The van der Waals surface area contributed by atoms with Crippen LogP contribution in [0.2, 0.25) is 0 Å². The molecular formula is C41H58N4O5. The predicted octanol–water partition coefficient (Wildman–Crippen LogP) is 7.29. The van der Waals surface area contributed by atoms with Gasteiger partial charge in [0.15, 0.2) is 0 Å². The molecule has 9 heteroatoms. The highest BCUT2D eigenvalue weighted by atomic mass is 16.6. The van der Waals surface area contributed by atoms with Crippen molar-refractivity contribution in [1.82, 2.24) is 10.2 Å². The van der Waals surface area contributed by atoms with Gasteiger partial charge >= 0.3 is 6.09 Å². The number of nitrogens with one attached hydrogen (secondary N) is 1. The maximum absolute atomic E-state index is 12.7. The molecule has 3 amide bonds. The number of hydrogen-bond donors (Lipinski definition) is 2. The van der Waals surface area contributed by atoms with Crippen molar-refractivity contribution < 1.29 is 24.2 Å². The summed E-state index contributed by atoms with van der Waals surface area (Å²) in [5.41, 5.74) is 2.91. The van der Waals surface area contributed by atoms with Crippen LogP contribution >= 0.6 is 0 Å². The third-order valence-electron chi connectivity index (χ3n) is 9.65. The van der Waals surface area contributed by atoms with Crippen LogP contribution in [0.3, 0.4) is 0 Å². The molecule has 5 rings (SSSR count). The summed E-state index contributed by atoms with van der Waals surface area (Å²) in [6, 6.07) is 29.8. The van der Waals surface area contributed by atoms with E-state index in [-0.39, 0.29) is 42.5 Å². The van der Waals surface area contributed by atoms with E-state index in [9.17, 15) is 14.4 Å². The van der Waals surface area contributed by atoms with E-state index in [0.29, 0.717) is 31.8 Å². The number of nitrogens with zero attached hydrogens (tertiary/aromatic N) is 3. The van der Waals surface area contributed by atoms with Gasteiger partial charge in [-0.3, -0.25) is 9.59 Å². The van der Waals surface area contributed by atoms with Gasteiger partial charge in [0.25, 0.3) is 0 Å². The van der Waals surface area contributed by atoms with Gasteiger partial charge in [0.2, 0.25) is 11.8 Å². The Morgan fingerprint density at radius 3 is 1.72 bits per heavy atom. The first-order chi connectivity index (χ1) is 24.3. The van der Waals surface area contributed by atoms with Crippen molar-refractivity contribution in [1.29, 1.82) is 0 Å². The second-order valence-corrected chi connectivity index (χ2v) is 12.9. The molecule has 2 saturated heterocycles. The summed E-state index contributed by atoms with van der Waals surface area (Å²) in [5.74, 6) is 1.07. The lowest BCUT2D eigenvalue weighted by Gasteiger charge is -2.40. The number of ether oxygens (including phenoxy) is 1. The normalized spacial score (nSPS) is 18.2. The monoisotopic (exact) mass is 686 g/mol. The molecule has 0 aromatic heterocycles. The number of rotatable bonds is 10. The van der Waals surface area contributed by atoms with E-state index in [0.717, 1.165) is 50.0 Å². The highest BCUT2D eigenvalue weighted by Crippen LogP contribution is 2.29. The second kappa shape index (κ2) is 21.8. The molecule has 2 aliphatic rings. The van der Waals surface area contributed by atoms with Crippen molar-refractivity contribution in [3.05, 3.63) is 96.6 Å².